The lowest BCUT2D eigenvalue weighted by atomic mass is 10.2. The van der Waals surface area contributed by atoms with Gasteiger partial charge in [0.05, 0.1) is 18.0 Å². The zero-order valence-electron chi connectivity index (χ0n) is 9.51. The number of pyridine rings is 1. The van der Waals surface area contributed by atoms with Crippen LogP contribution in [0.25, 0.3) is 6.08 Å². The Morgan fingerprint density at radius 1 is 1.44 bits per heavy atom. The van der Waals surface area contributed by atoms with Crippen molar-refractivity contribution >= 4 is 29.0 Å². The van der Waals surface area contributed by atoms with Crippen molar-refractivity contribution in [1.82, 2.24) is 9.88 Å². The molecule has 2 amide bonds. The van der Waals surface area contributed by atoms with Crippen LogP contribution in [0.4, 0.5) is 4.79 Å². The zero-order valence-corrected chi connectivity index (χ0v) is 11.1. The predicted octanol–water partition coefficient (Wildman–Crippen LogP) is -2.64. The monoisotopic (exact) mass is 285 g/mol. The summed E-state index contributed by atoms with van der Waals surface area (Å²) in [6.07, 6.45) is 4.99. The molecule has 1 aromatic rings. The Morgan fingerprint density at radius 2 is 2.22 bits per heavy atom. The van der Waals surface area contributed by atoms with Crippen molar-refractivity contribution in [2.45, 2.75) is 0 Å². The fourth-order valence-electron chi connectivity index (χ4n) is 1.46. The maximum Gasteiger partial charge on any atom is 0.293 e. The lowest BCUT2D eigenvalue weighted by Crippen LogP contribution is -3.00. The first kappa shape index (κ1) is 14.7. The number of carbonyl (C=O) groups is 2. The first-order valence-electron chi connectivity index (χ1n) is 5.17. The number of quaternary nitrogens is 1. The van der Waals surface area contributed by atoms with E-state index in [2.05, 4.69) is 10.7 Å². The van der Waals surface area contributed by atoms with Crippen molar-refractivity contribution in [3.63, 3.8) is 0 Å². The quantitative estimate of drug-likeness (QED) is 0.616. The minimum Gasteiger partial charge on any atom is -1.00 e. The second kappa shape index (κ2) is 6.53. The fourth-order valence-corrected chi connectivity index (χ4v) is 2.33. The summed E-state index contributed by atoms with van der Waals surface area (Å²) in [5.74, 6) is -0.243. The number of hydrogen-bond acceptors (Lipinski definition) is 4. The SMILES string of the molecule is [Cl-].[NH3+]CCN1C(=O)S/C(=C/c2cccnc2)C1=O. The molecule has 18 heavy (non-hydrogen) atoms. The molecule has 96 valence electrons. The molecule has 3 N–H and O–H groups in total. The molecule has 0 unspecified atom stereocenters. The molecule has 1 aliphatic heterocycles. The highest BCUT2D eigenvalue weighted by Crippen LogP contribution is 2.31. The molecule has 1 aliphatic rings. The summed E-state index contributed by atoms with van der Waals surface area (Å²) in [5, 5.41) is -0.228. The highest BCUT2D eigenvalue weighted by Gasteiger charge is 2.34. The van der Waals surface area contributed by atoms with Gasteiger partial charge in [0.15, 0.2) is 0 Å². The van der Waals surface area contributed by atoms with Crippen molar-refractivity contribution in [1.29, 1.82) is 0 Å². The lowest BCUT2D eigenvalue weighted by molar-refractivity contribution is -0.367. The van der Waals surface area contributed by atoms with Crippen LogP contribution in [0.2, 0.25) is 0 Å². The van der Waals surface area contributed by atoms with Gasteiger partial charge in [-0.05, 0) is 29.5 Å². The van der Waals surface area contributed by atoms with Gasteiger partial charge in [0.1, 0.15) is 0 Å². The van der Waals surface area contributed by atoms with E-state index < -0.39 is 0 Å². The molecular weight excluding hydrogens is 274 g/mol. The molecule has 1 saturated heterocycles. The Kier molecular flexibility index (Phi) is 5.33. The summed E-state index contributed by atoms with van der Waals surface area (Å²) in [4.78, 5) is 29.1. The molecular formula is C11H12ClN3O2S. The van der Waals surface area contributed by atoms with Crippen LogP contribution in [0, 0.1) is 0 Å². The van der Waals surface area contributed by atoms with E-state index in [9.17, 15) is 9.59 Å². The van der Waals surface area contributed by atoms with E-state index in [-0.39, 0.29) is 23.6 Å². The fraction of sp³-hybridized carbons (Fsp3) is 0.182. The minimum absolute atomic E-state index is 0. The number of amides is 2. The second-order valence-corrected chi connectivity index (χ2v) is 4.47. The number of imide groups is 1. The van der Waals surface area contributed by atoms with Crippen LogP contribution in [0.15, 0.2) is 29.4 Å². The largest absolute Gasteiger partial charge is 1.00 e. The number of thioether (sulfide) groups is 1. The van der Waals surface area contributed by atoms with Crippen LogP contribution < -0.4 is 18.1 Å². The van der Waals surface area contributed by atoms with Gasteiger partial charge in [-0.2, -0.15) is 0 Å². The second-order valence-electron chi connectivity index (χ2n) is 3.47. The zero-order chi connectivity index (χ0) is 12.3. The van der Waals surface area contributed by atoms with Gasteiger partial charge < -0.3 is 18.1 Å². The molecule has 0 radical (unpaired) electrons. The topological polar surface area (TPSA) is 77.9 Å². The summed E-state index contributed by atoms with van der Waals surface area (Å²) in [6.45, 7) is 0.896. The van der Waals surface area contributed by atoms with Gasteiger partial charge in [-0.3, -0.25) is 19.5 Å². The minimum atomic E-state index is -0.243. The Balaban J connectivity index is 0.00000162. The number of aromatic nitrogens is 1. The average molecular weight is 286 g/mol. The van der Waals surface area contributed by atoms with Crippen LogP contribution in [0.1, 0.15) is 5.56 Å². The predicted molar refractivity (Wildman–Crippen MR) is 64.7 cm³/mol. The summed E-state index contributed by atoms with van der Waals surface area (Å²) in [7, 11) is 0. The van der Waals surface area contributed by atoms with Crippen molar-refractivity contribution < 1.29 is 27.7 Å². The first-order valence-corrected chi connectivity index (χ1v) is 5.98. The molecule has 1 aromatic heterocycles. The Labute approximate surface area is 115 Å². The molecule has 5 nitrogen and oxygen atoms in total. The lowest BCUT2D eigenvalue weighted by Gasteiger charge is -2.08. The van der Waals surface area contributed by atoms with Crippen molar-refractivity contribution in [2.24, 2.45) is 0 Å². The molecule has 0 saturated carbocycles. The van der Waals surface area contributed by atoms with Crippen LogP contribution in [-0.4, -0.2) is 34.1 Å². The Bertz CT molecular complexity index is 478. The molecule has 7 heteroatoms. The van der Waals surface area contributed by atoms with E-state index in [1.54, 1.807) is 24.5 Å². The third kappa shape index (κ3) is 3.10. The molecule has 2 heterocycles. The van der Waals surface area contributed by atoms with Gasteiger partial charge in [-0.1, -0.05) is 6.07 Å². The smallest absolute Gasteiger partial charge is 0.293 e. The van der Waals surface area contributed by atoms with Crippen molar-refractivity contribution in [3.8, 4) is 0 Å². The van der Waals surface area contributed by atoms with Gasteiger partial charge in [-0.15, -0.1) is 0 Å². The van der Waals surface area contributed by atoms with Crippen LogP contribution in [0.3, 0.4) is 0 Å². The first-order chi connectivity index (χ1) is 8.22. The molecule has 1 fully saturated rings. The van der Waals surface area contributed by atoms with Crippen molar-refractivity contribution in [3.05, 3.63) is 35.0 Å². The number of carbonyl (C=O) groups excluding carboxylic acids is 2. The molecule has 0 spiro atoms. The van der Waals surface area contributed by atoms with E-state index in [0.29, 0.717) is 18.0 Å². The maximum absolute atomic E-state index is 11.9. The van der Waals surface area contributed by atoms with E-state index in [1.165, 1.54) is 4.90 Å². The van der Waals surface area contributed by atoms with Gasteiger partial charge in [0.2, 0.25) is 0 Å². The summed E-state index contributed by atoms with van der Waals surface area (Å²) in [5.41, 5.74) is 4.45. The normalized spacial score (nSPS) is 17.2. The Hall–Kier alpha value is -1.37. The van der Waals surface area contributed by atoms with Crippen LogP contribution in [0.5, 0.6) is 0 Å². The molecule has 0 aromatic carbocycles. The van der Waals surface area contributed by atoms with Crippen molar-refractivity contribution in [2.75, 3.05) is 13.1 Å². The molecule has 2 rings (SSSR count). The standard InChI is InChI=1S/C11H11N3O2S.ClH/c12-3-5-14-10(15)9(17-11(14)16)6-8-2-1-4-13-7-8;/h1-2,4,6-7H,3,5,12H2;1H/b9-6+;. The third-order valence-corrected chi connectivity index (χ3v) is 3.14. The van der Waals surface area contributed by atoms with E-state index in [0.717, 1.165) is 17.3 Å². The van der Waals surface area contributed by atoms with Gasteiger partial charge in [0.25, 0.3) is 11.1 Å². The van der Waals surface area contributed by atoms with Crippen LogP contribution in [-0.2, 0) is 4.79 Å². The van der Waals surface area contributed by atoms with Gasteiger partial charge >= 0.3 is 0 Å². The average Bonchev–Trinajstić information content (AvgIpc) is 2.59. The summed E-state index contributed by atoms with van der Waals surface area (Å²) >= 11 is 0.960. The van der Waals surface area contributed by atoms with E-state index >= 15 is 0 Å². The number of halogens is 1. The van der Waals surface area contributed by atoms with Gasteiger partial charge in [-0.25, -0.2) is 0 Å². The number of nitrogens with zero attached hydrogens (tertiary/aromatic N) is 2. The highest BCUT2D eigenvalue weighted by atomic mass is 35.5. The summed E-state index contributed by atoms with van der Waals surface area (Å²) < 4.78 is 0. The highest BCUT2D eigenvalue weighted by molar-refractivity contribution is 8.18. The van der Waals surface area contributed by atoms with E-state index in [1.807, 2.05) is 6.07 Å². The Morgan fingerprint density at radius 3 is 2.83 bits per heavy atom. The molecule has 0 aliphatic carbocycles. The maximum atomic E-state index is 11.9. The molecule has 0 bridgehead atoms. The number of hydrogen-bond donors (Lipinski definition) is 1. The van der Waals surface area contributed by atoms with Crippen LogP contribution >= 0.6 is 11.8 Å². The summed E-state index contributed by atoms with van der Waals surface area (Å²) in [6, 6.07) is 3.62. The van der Waals surface area contributed by atoms with E-state index in [4.69, 9.17) is 0 Å². The van der Waals surface area contributed by atoms with Gasteiger partial charge in [0, 0.05) is 12.4 Å². The number of rotatable bonds is 3. The third-order valence-electron chi connectivity index (χ3n) is 2.24. The molecule has 0 atom stereocenters.